The van der Waals surface area contributed by atoms with Gasteiger partial charge in [0.2, 0.25) is 0 Å². The summed E-state index contributed by atoms with van der Waals surface area (Å²) < 4.78 is 3.70. The number of anilines is 2. The lowest BCUT2D eigenvalue weighted by atomic mass is 9.95. The third-order valence-electron chi connectivity index (χ3n) is 5.90. The van der Waals surface area contributed by atoms with Crippen molar-refractivity contribution in [3.05, 3.63) is 40.3 Å². The van der Waals surface area contributed by atoms with Crippen LogP contribution in [0.1, 0.15) is 40.6 Å². The van der Waals surface area contributed by atoms with Gasteiger partial charge >= 0.3 is 0 Å². The molecule has 1 aliphatic carbocycles. The maximum absolute atomic E-state index is 13.5. The van der Waals surface area contributed by atoms with Gasteiger partial charge in [0.1, 0.15) is 5.00 Å². The predicted molar refractivity (Wildman–Crippen MR) is 128 cm³/mol. The smallest absolute Gasteiger partial charge is 0.254 e. The number of hydrogen-bond donors (Lipinski definition) is 2. The zero-order chi connectivity index (χ0) is 22.9. The van der Waals surface area contributed by atoms with Gasteiger partial charge in [0.15, 0.2) is 4.75 Å². The Morgan fingerprint density at radius 1 is 1.22 bits per heavy atom. The van der Waals surface area contributed by atoms with Crippen LogP contribution in [0.25, 0.3) is 0 Å². The standard InChI is InChI=1S/C23H27N3O4S2/c1-23(22(29)26(2)15-9-5-7-11-17(15)32-23)21(28)25-20-18(19(27)24-12-13-30-3)14-8-4-6-10-16(14)31-20/h5,7,9,11H,4,6,8,10,12-13H2,1-3H3,(H,24,27)(H,25,28). The van der Waals surface area contributed by atoms with E-state index in [1.54, 1.807) is 21.1 Å². The highest BCUT2D eigenvalue weighted by Crippen LogP contribution is 2.46. The lowest BCUT2D eigenvalue weighted by molar-refractivity contribution is -0.128. The number of benzene rings is 1. The first-order chi connectivity index (χ1) is 15.4. The molecule has 1 aromatic heterocycles. The van der Waals surface area contributed by atoms with Crippen molar-refractivity contribution in [3.63, 3.8) is 0 Å². The molecule has 0 fully saturated rings. The van der Waals surface area contributed by atoms with E-state index in [-0.39, 0.29) is 11.8 Å². The molecule has 2 heterocycles. The number of aryl methyl sites for hydroxylation is 1. The average Bonchev–Trinajstić information content (AvgIpc) is 3.15. The van der Waals surface area contributed by atoms with E-state index in [2.05, 4.69) is 10.6 Å². The third kappa shape index (κ3) is 4.04. The fraction of sp³-hybridized carbons (Fsp3) is 0.435. The number of nitrogens with zero attached hydrogens (tertiary/aromatic N) is 1. The molecule has 1 aromatic carbocycles. The van der Waals surface area contributed by atoms with Gasteiger partial charge in [-0.2, -0.15) is 0 Å². The molecule has 32 heavy (non-hydrogen) atoms. The van der Waals surface area contributed by atoms with Crippen LogP contribution >= 0.6 is 23.1 Å². The number of amides is 3. The molecule has 4 rings (SSSR count). The first-order valence-corrected chi connectivity index (χ1v) is 12.3. The summed E-state index contributed by atoms with van der Waals surface area (Å²) in [6.45, 7) is 2.45. The second-order valence-electron chi connectivity index (χ2n) is 8.09. The fourth-order valence-corrected chi connectivity index (χ4v) is 6.67. The largest absolute Gasteiger partial charge is 0.383 e. The number of para-hydroxylation sites is 1. The lowest BCUT2D eigenvalue weighted by Gasteiger charge is -2.36. The molecule has 3 amide bonds. The Bertz CT molecular complexity index is 1070. The van der Waals surface area contributed by atoms with E-state index in [1.807, 2.05) is 24.3 Å². The number of methoxy groups -OCH3 is 1. The Kier molecular flexibility index (Phi) is 6.60. The van der Waals surface area contributed by atoms with Gasteiger partial charge in [0.25, 0.3) is 17.7 Å². The van der Waals surface area contributed by atoms with Gasteiger partial charge in [-0.15, -0.1) is 11.3 Å². The monoisotopic (exact) mass is 473 g/mol. The molecule has 1 unspecified atom stereocenters. The van der Waals surface area contributed by atoms with Crippen LogP contribution in [-0.2, 0) is 27.2 Å². The molecular formula is C23H27N3O4S2. The van der Waals surface area contributed by atoms with Gasteiger partial charge in [-0.25, -0.2) is 0 Å². The van der Waals surface area contributed by atoms with Gasteiger partial charge in [0, 0.05) is 30.5 Å². The summed E-state index contributed by atoms with van der Waals surface area (Å²) in [5.41, 5.74) is 2.33. The van der Waals surface area contributed by atoms with Crippen LogP contribution in [0.4, 0.5) is 10.7 Å². The molecule has 170 valence electrons. The highest BCUT2D eigenvalue weighted by molar-refractivity contribution is 8.02. The van der Waals surface area contributed by atoms with Crippen molar-refractivity contribution in [2.75, 3.05) is 37.5 Å². The van der Waals surface area contributed by atoms with Crippen LogP contribution < -0.4 is 15.5 Å². The van der Waals surface area contributed by atoms with E-state index in [0.717, 1.165) is 46.7 Å². The SMILES string of the molecule is COCCNC(=O)c1c(NC(=O)C2(C)Sc3ccccc3N(C)C2=O)sc2c1CCCC2. The number of ether oxygens (including phenoxy) is 1. The summed E-state index contributed by atoms with van der Waals surface area (Å²) in [4.78, 5) is 43.2. The molecule has 1 aliphatic heterocycles. The second-order valence-corrected chi connectivity index (χ2v) is 10.7. The molecule has 0 bridgehead atoms. The normalized spacial score (nSPS) is 19.8. The number of thioether (sulfide) groups is 1. The Balaban J connectivity index is 1.64. The molecule has 0 saturated heterocycles. The maximum Gasteiger partial charge on any atom is 0.254 e. The molecule has 0 saturated carbocycles. The summed E-state index contributed by atoms with van der Waals surface area (Å²) in [5, 5.41) is 6.35. The fourth-order valence-electron chi connectivity index (χ4n) is 4.13. The van der Waals surface area contributed by atoms with Crippen molar-refractivity contribution in [2.45, 2.75) is 42.2 Å². The van der Waals surface area contributed by atoms with Crippen LogP contribution in [0.15, 0.2) is 29.2 Å². The van der Waals surface area contributed by atoms with Gasteiger partial charge < -0.3 is 20.3 Å². The topological polar surface area (TPSA) is 87.7 Å². The highest BCUT2D eigenvalue weighted by atomic mass is 32.2. The van der Waals surface area contributed by atoms with Crippen molar-refractivity contribution < 1.29 is 19.1 Å². The van der Waals surface area contributed by atoms with Crippen LogP contribution in [-0.4, -0.2) is 49.8 Å². The minimum atomic E-state index is -1.34. The third-order valence-corrected chi connectivity index (χ3v) is 8.44. The second kappa shape index (κ2) is 9.25. The molecule has 7 nitrogen and oxygen atoms in total. The molecule has 1 atom stereocenters. The van der Waals surface area contributed by atoms with E-state index in [0.29, 0.717) is 23.7 Å². The number of hydrogen-bond acceptors (Lipinski definition) is 6. The first-order valence-electron chi connectivity index (χ1n) is 10.7. The molecule has 0 spiro atoms. The van der Waals surface area contributed by atoms with E-state index >= 15 is 0 Å². The van der Waals surface area contributed by atoms with Crippen molar-refractivity contribution in [2.24, 2.45) is 0 Å². The summed E-state index contributed by atoms with van der Waals surface area (Å²) in [7, 11) is 3.27. The Hall–Kier alpha value is -2.36. The zero-order valence-electron chi connectivity index (χ0n) is 18.4. The number of carbonyl (C=O) groups is 3. The van der Waals surface area contributed by atoms with Gasteiger partial charge in [-0.05, 0) is 50.3 Å². The molecular weight excluding hydrogens is 446 g/mol. The Morgan fingerprint density at radius 3 is 2.75 bits per heavy atom. The quantitative estimate of drug-likeness (QED) is 0.496. The number of carbonyl (C=O) groups excluding carboxylic acids is 3. The van der Waals surface area contributed by atoms with Gasteiger partial charge in [0.05, 0.1) is 17.9 Å². The minimum Gasteiger partial charge on any atom is -0.383 e. The van der Waals surface area contributed by atoms with Gasteiger partial charge in [-0.3, -0.25) is 14.4 Å². The van der Waals surface area contributed by atoms with Crippen LogP contribution in [0.2, 0.25) is 0 Å². The maximum atomic E-state index is 13.5. The summed E-state index contributed by atoms with van der Waals surface area (Å²) >= 11 is 2.70. The molecule has 2 aromatic rings. The Labute approximate surface area is 195 Å². The van der Waals surface area contributed by atoms with E-state index in [1.165, 1.54) is 28.0 Å². The number of rotatable bonds is 6. The van der Waals surface area contributed by atoms with Crippen molar-refractivity contribution >= 4 is 51.5 Å². The van der Waals surface area contributed by atoms with Crippen LogP contribution in [0, 0.1) is 0 Å². The Morgan fingerprint density at radius 2 is 1.97 bits per heavy atom. The zero-order valence-corrected chi connectivity index (χ0v) is 20.1. The predicted octanol–water partition coefficient (Wildman–Crippen LogP) is 3.47. The number of thiophene rings is 1. The number of fused-ring (bicyclic) bond motifs is 2. The van der Waals surface area contributed by atoms with Crippen molar-refractivity contribution in [3.8, 4) is 0 Å². The van der Waals surface area contributed by atoms with E-state index < -0.39 is 10.7 Å². The summed E-state index contributed by atoms with van der Waals surface area (Å²) in [5.74, 6) is -0.920. The van der Waals surface area contributed by atoms with Crippen molar-refractivity contribution in [1.29, 1.82) is 0 Å². The average molecular weight is 474 g/mol. The lowest BCUT2D eigenvalue weighted by Crippen LogP contribution is -2.53. The summed E-state index contributed by atoms with van der Waals surface area (Å²) in [6, 6.07) is 7.54. The van der Waals surface area contributed by atoms with Crippen LogP contribution in [0.3, 0.4) is 0 Å². The summed E-state index contributed by atoms with van der Waals surface area (Å²) in [6.07, 6.45) is 3.80. The first kappa shape index (κ1) is 22.8. The van der Waals surface area contributed by atoms with Crippen LogP contribution in [0.5, 0.6) is 0 Å². The minimum absolute atomic E-state index is 0.216. The highest BCUT2D eigenvalue weighted by Gasteiger charge is 2.48. The molecule has 2 N–H and O–H groups in total. The number of nitrogens with one attached hydrogen (secondary N) is 2. The molecule has 9 heteroatoms. The molecule has 0 radical (unpaired) electrons. The van der Waals surface area contributed by atoms with Crippen molar-refractivity contribution in [1.82, 2.24) is 5.32 Å². The van der Waals surface area contributed by atoms with E-state index in [9.17, 15) is 14.4 Å². The molecule has 2 aliphatic rings. The van der Waals surface area contributed by atoms with Gasteiger partial charge in [-0.1, -0.05) is 23.9 Å². The van der Waals surface area contributed by atoms with E-state index in [4.69, 9.17) is 4.74 Å².